The molecule has 80 valence electrons. The zero-order valence-corrected chi connectivity index (χ0v) is 9.95. The molecule has 1 heterocycles. The lowest BCUT2D eigenvalue weighted by Crippen LogP contribution is -2.09. The quantitative estimate of drug-likeness (QED) is 0.888. The molecule has 2 atom stereocenters. The first-order chi connectivity index (χ1) is 6.65. The molecule has 0 aliphatic carbocycles. The van der Waals surface area contributed by atoms with E-state index >= 15 is 0 Å². The van der Waals surface area contributed by atoms with Gasteiger partial charge in [0, 0.05) is 13.7 Å². The molecule has 0 bridgehead atoms. The van der Waals surface area contributed by atoms with Crippen molar-refractivity contribution in [3.63, 3.8) is 0 Å². The summed E-state index contributed by atoms with van der Waals surface area (Å²) < 4.78 is 11.0. The number of hydrogen-bond acceptors (Lipinski definition) is 3. The number of methoxy groups -OCH3 is 1. The maximum absolute atomic E-state index is 9.81. The summed E-state index contributed by atoms with van der Waals surface area (Å²) in [6.07, 6.45) is 1.63. The topological polar surface area (TPSA) is 42.6 Å². The summed E-state index contributed by atoms with van der Waals surface area (Å²) >= 11 is 3.31. The van der Waals surface area contributed by atoms with Gasteiger partial charge in [-0.25, -0.2) is 0 Å². The fourth-order valence-electron chi connectivity index (χ4n) is 1.38. The van der Waals surface area contributed by atoms with E-state index < -0.39 is 6.10 Å². The Morgan fingerprint density at radius 1 is 1.64 bits per heavy atom. The van der Waals surface area contributed by atoms with Crippen LogP contribution in [0.5, 0.6) is 0 Å². The largest absolute Gasteiger partial charge is 0.465 e. The summed E-state index contributed by atoms with van der Waals surface area (Å²) in [6, 6.07) is 1.78. The predicted octanol–water partition coefficient (Wildman–Crippen LogP) is 2.75. The van der Waals surface area contributed by atoms with Crippen molar-refractivity contribution in [1.82, 2.24) is 0 Å². The molecule has 3 nitrogen and oxygen atoms in total. The van der Waals surface area contributed by atoms with Crippen LogP contribution in [0.15, 0.2) is 21.2 Å². The third-order valence-corrected chi connectivity index (χ3v) is 2.68. The van der Waals surface area contributed by atoms with Crippen LogP contribution in [0.2, 0.25) is 0 Å². The van der Waals surface area contributed by atoms with Gasteiger partial charge in [-0.15, -0.1) is 0 Å². The number of aliphatic hydroxyl groups excluding tert-OH is 1. The molecule has 1 N–H and O–H groups in total. The van der Waals surface area contributed by atoms with Gasteiger partial charge in [0.05, 0.1) is 10.7 Å². The molecule has 0 aliphatic heterocycles. The molecule has 0 aliphatic rings. The number of halogens is 1. The Morgan fingerprint density at radius 3 is 2.86 bits per heavy atom. The number of rotatable bonds is 5. The highest BCUT2D eigenvalue weighted by Gasteiger charge is 2.17. The van der Waals surface area contributed by atoms with Crippen molar-refractivity contribution in [2.75, 3.05) is 13.7 Å². The van der Waals surface area contributed by atoms with Gasteiger partial charge in [0.1, 0.15) is 11.9 Å². The standard InChI is InChI=1S/C10H15BrO3/c1-7(6-13-2)5-9(12)10-8(11)3-4-14-10/h3-4,7,9,12H,5-6H2,1-2H3. The Labute approximate surface area is 92.2 Å². The van der Waals surface area contributed by atoms with Crippen molar-refractivity contribution in [2.24, 2.45) is 5.92 Å². The van der Waals surface area contributed by atoms with Crippen LogP contribution in [-0.4, -0.2) is 18.8 Å². The van der Waals surface area contributed by atoms with Crippen molar-refractivity contribution in [1.29, 1.82) is 0 Å². The van der Waals surface area contributed by atoms with E-state index in [0.29, 0.717) is 24.7 Å². The highest BCUT2D eigenvalue weighted by molar-refractivity contribution is 9.10. The number of hydrogen-bond donors (Lipinski definition) is 1. The van der Waals surface area contributed by atoms with Crippen LogP contribution in [-0.2, 0) is 4.74 Å². The third kappa shape index (κ3) is 3.12. The molecule has 1 aromatic heterocycles. The summed E-state index contributed by atoms with van der Waals surface area (Å²) in [5, 5.41) is 9.81. The molecule has 0 radical (unpaired) electrons. The maximum atomic E-state index is 9.81. The van der Waals surface area contributed by atoms with Crippen molar-refractivity contribution in [2.45, 2.75) is 19.4 Å². The Bertz CT molecular complexity index is 272. The minimum Gasteiger partial charge on any atom is -0.465 e. The molecule has 2 unspecified atom stereocenters. The van der Waals surface area contributed by atoms with Gasteiger partial charge in [-0.2, -0.15) is 0 Å². The molecule has 1 rings (SSSR count). The first-order valence-corrected chi connectivity index (χ1v) is 5.34. The summed E-state index contributed by atoms with van der Waals surface area (Å²) in [6.45, 7) is 2.68. The van der Waals surface area contributed by atoms with Gasteiger partial charge in [0.2, 0.25) is 0 Å². The first-order valence-electron chi connectivity index (χ1n) is 4.55. The predicted molar refractivity (Wildman–Crippen MR) is 57.0 cm³/mol. The normalized spacial score (nSPS) is 15.4. The Hall–Kier alpha value is -0.320. The van der Waals surface area contributed by atoms with Crippen LogP contribution >= 0.6 is 15.9 Å². The highest BCUT2D eigenvalue weighted by atomic mass is 79.9. The second kappa shape index (κ2) is 5.53. The van der Waals surface area contributed by atoms with Crippen LogP contribution < -0.4 is 0 Å². The second-order valence-electron chi connectivity index (χ2n) is 3.44. The number of furan rings is 1. The Morgan fingerprint density at radius 2 is 2.36 bits per heavy atom. The molecule has 0 saturated heterocycles. The van der Waals surface area contributed by atoms with Gasteiger partial charge in [0.25, 0.3) is 0 Å². The molecule has 0 aromatic carbocycles. The molecule has 0 saturated carbocycles. The van der Waals surface area contributed by atoms with E-state index in [-0.39, 0.29) is 0 Å². The zero-order chi connectivity index (χ0) is 10.6. The van der Waals surface area contributed by atoms with E-state index in [1.807, 2.05) is 6.92 Å². The minimum absolute atomic E-state index is 0.312. The Balaban J connectivity index is 2.50. The van der Waals surface area contributed by atoms with E-state index in [0.717, 1.165) is 4.47 Å². The monoisotopic (exact) mass is 262 g/mol. The SMILES string of the molecule is COCC(C)CC(O)c1occc1Br. The highest BCUT2D eigenvalue weighted by Crippen LogP contribution is 2.28. The van der Waals surface area contributed by atoms with E-state index in [9.17, 15) is 5.11 Å². The lowest BCUT2D eigenvalue weighted by Gasteiger charge is -2.14. The van der Waals surface area contributed by atoms with Gasteiger partial charge in [-0.1, -0.05) is 6.92 Å². The van der Waals surface area contributed by atoms with Crippen molar-refractivity contribution in [3.8, 4) is 0 Å². The molecular weight excluding hydrogens is 248 g/mol. The van der Waals surface area contributed by atoms with E-state index in [4.69, 9.17) is 9.15 Å². The second-order valence-corrected chi connectivity index (χ2v) is 4.30. The summed E-state index contributed by atoms with van der Waals surface area (Å²) in [5.74, 6) is 0.903. The summed E-state index contributed by atoms with van der Waals surface area (Å²) in [7, 11) is 1.66. The molecule has 0 fully saturated rings. The van der Waals surface area contributed by atoms with Gasteiger partial charge in [-0.3, -0.25) is 0 Å². The number of aliphatic hydroxyl groups is 1. The molecule has 14 heavy (non-hydrogen) atoms. The van der Waals surface area contributed by atoms with Gasteiger partial charge < -0.3 is 14.3 Å². The van der Waals surface area contributed by atoms with Crippen molar-refractivity contribution < 1.29 is 14.3 Å². The fourth-order valence-corrected chi connectivity index (χ4v) is 1.85. The molecular formula is C10H15BrO3. The van der Waals surface area contributed by atoms with Crippen LogP contribution in [0.3, 0.4) is 0 Å². The Kier molecular flexibility index (Phi) is 4.65. The lowest BCUT2D eigenvalue weighted by atomic mass is 10.0. The van der Waals surface area contributed by atoms with E-state index in [2.05, 4.69) is 15.9 Å². The summed E-state index contributed by atoms with van der Waals surface area (Å²) in [4.78, 5) is 0. The van der Waals surface area contributed by atoms with Crippen LogP contribution in [0, 0.1) is 5.92 Å². The molecule has 4 heteroatoms. The van der Waals surface area contributed by atoms with E-state index in [1.54, 1.807) is 19.4 Å². The van der Waals surface area contributed by atoms with Crippen LogP contribution in [0.4, 0.5) is 0 Å². The van der Waals surface area contributed by atoms with Gasteiger partial charge in [0.15, 0.2) is 0 Å². The molecule has 0 spiro atoms. The smallest absolute Gasteiger partial charge is 0.146 e. The van der Waals surface area contributed by atoms with Crippen molar-refractivity contribution >= 4 is 15.9 Å². The maximum Gasteiger partial charge on any atom is 0.146 e. The number of ether oxygens (including phenoxy) is 1. The first kappa shape index (κ1) is 11.8. The molecule has 0 amide bonds. The van der Waals surface area contributed by atoms with Crippen LogP contribution in [0.25, 0.3) is 0 Å². The van der Waals surface area contributed by atoms with Crippen molar-refractivity contribution in [3.05, 3.63) is 22.6 Å². The third-order valence-electron chi connectivity index (χ3n) is 2.02. The average molecular weight is 263 g/mol. The van der Waals surface area contributed by atoms with Gasteiger partial charge in [-0.05, 0) is 34.3 Å². The van der Waals surface area contributed by atoms with Gasteiger partial charge >= 0.3 is 0 Å². The van der Waals surface area contributed by atoms with E-state index in [1.165, 1.54) is 0 Å². The minimum atomic E-state index is -0.565. The lowest BCUT2D eigenvalue weighted by molar-refractivity contribution is 0.0879. The average Bonchev–Trinajstić information content (AvgIpc) is 2.51. The zero-order valence-electron chi connectivity index (χ0n) is 8.37. The fraction of sp³-hybridized carbons (Fsp3) is 0.600. The van der Waals surface area contributed by atoms with Crippen LogP contribution in [0.1, 0.15) is 25.2 Å². The molecule has 1 aromatic rings. The summed E-state index contributed by atoms with van der Waals surface area (Å²) in [5.41, 5.74) is 0.